The fraction of sp³-hybridized carbons (Fsp3) is 0.605. The number of pyridine rings is 1. The van der Waals surface area contributed by atoms with E-state index >= 15 is 0 Å². The molecule has 5 atom stereocenters. The minimum absolute atomic E-state index is 0.0211. The highest BCUT2D eigenvalue weighted by atomic mass is 32.2. The number of hydrogen-bond acceptors (Lipinski definition) is 9. The molecule has 1 aromatic carbocycles. The number of rotatable bonds is 16. The van der Waals surface area contributed by atoms with Crippen molar-refractivity contribution in [3.05, 3.63) is 43.1 Å². The molecule has 2 amide bonds. The van der Waals surface area contributed by atoms with Gasteiger partial charge in [-0.3, -0.25) is 23.9 Å². The second-order valence-electron chi connectivity index (χ2n) is 15.3. The summed E-state index contributed by atoms with van der Waals surface area (Å²) in [5, 5.41) is 0.990. The molecule has 0 radical (unpaired) electrons. The van der Waals surface area contributed by atoms with Crippen molar-refractivity contribution in [2.75, 3.05) is 13.7 Å². The Bertz CT molecular complexity index is 1760. The zero-order valence-corrected chi connectivity index (χ0v) is 30.9. The van der Waals surface area contributed by atoms with Crippen LogP contribution < -0.4 is 14.2 Å². The van der Waals surface area contributed by atoms with Gasteiger partial charge in [0.25, 0.3) is 0 Å². The van der Waals surface area contributed by atoms with Crippen LogP contribution in [0.15, 0.2) is 43.1 Å². The van der Waals surface area contributed by atoms with Crippen LogP contribution in [0.25, 0.3) is 10.8 Å². The molecule has 2 heterocycles. The number of hydrogen-bond donors (Lipinski definition) is 1. The van der Waals surface area contributed by atoms with Gasteiger partial charge in [0, 0.05) is 42.7 Å². The van der Waals surface area contributed by atoms with Gasteiger partial charge in [-0.05, 0) is 73.1 Å². The highest BCUT2D eigenvalue weighted by Crippen LogP contribution is 2.57. The SMILES string of the molecule is C=C[C@@H]1C[C@]1(CC(=O)[C@@H]1CC(Oc2nccc3cc(OC)ccc23)CN1C(=O)[C@@H](CC(=O)C(CC)CC)C(C)(C)C)C(=O)NS(=O)(=O)C1CC1. The molecule has 0 spiro atoms. The summed E-state index contributed by atoms with van der Waals surface area (Å²) in [5.41, 5.74) is -1.86. The largest absolute Gasteiger partial charge is 0.497 e. The first kappa shape index (κ1) is 37.5. The molecule has 11 nitrogen and oxygen atoms in total. The second-order valence-corrected chi connectivity index (χ2v) is 17.3. The van der Waals surface area contributed by atoms with Gasteiger partial charge in [0.05, 0.1) is 30.4 Å². The van der Waals surface area contributed by atoms with Crippen molar-refractivity contribution in [2.45, 2.75) is 103 Å². The smallest absolute Gasteiger partial charge is 0.240 e. The standard InChI is InChI=1S/C38H51N3O8S/c1-8-23(9-2)32(42)19-30(37(4,5)6)35(44)41-22-27(49-34-29-14-11-26(48-7)17-24(29)15-16-39-34)18-31(41)33(43)21-38(20-25(38)10-3)36(45)40-50(46,47)28-12-13-28/h10-11,14-17,23,25,27-28,30-31H,3,8-9,12-13,18-22H2,1-2,4-7H3,(H,40,45)/t25-,27?,30-,31+,38-/m1/s1. The van der Waals surface area contributed by atoms with Crippen LogP contribution in [0.1, 0.15) is 86.0 Å². The fourth-order valence-corrected chi connectivity index (χ4v) is 8.71. The van der Waals surface area contributed by atoms with Gasteiger partial charge < -0.3 is 14.4 Å². The lowest BCUT2D eigenvalue weighted by molar-refractivity contribution is -0.146. The number of fused-ring (bicyclic) bond motifs is 1. The molecular weight excluding hydrogens is 658 g/mol. The number of ether oxygens (including phenoxy) is 2. The van der Waals surface area contributed by atoms with Crippen LogP contribution >= 0.6 is 0 Å². The first-order chi connectivity index (χ1) is 23.6. The van der Waals surface area contributed by atoms with Gasteiger partial charge in [-0.2, -0.15) is 0 Å². The van der Waals surface area contributed by atoms with E-state index in [9.17, 15) is 27.6 Å². The van der Waals surface area contributed by atoms with Crippen molar-refractivity contribution >= 4 is 44.2 Å². The molecule has 3 fully saturated rings. The number of methoxy groups -OCH3 is 1. The summed E-state index contributed by atoms with van der Waals surface area (Å²) in [4.78, 5) is 61.9. The Labute approximate surface area is 295 Å². The first-order valence-electron chi connectivity index (χ1n) is 17.7. The molecule has 50 heavy (non-hydrogen) atoms. The summed E-state index contributed by atoms with van der Waals surface area (Å²) >= 11 is 0. The average molecular weight is 710 g/mol. The van der Waals surface area contributed by atoms with E-state index in [4.69, 9.17) is 9.47 Å². The topological polar surface area (TPSA) is 149 Å². The van der Waals surface area contributed by atoms with Crippen molar-refractivity contribution < 1.29 is 37.1 Å². The number of carbonyl (C=O) groups is 4. The van der Waals surface area contributed by atoms with E-state index in [1.54, 1.807) is 25.4 Å². The van der Waals surface area contributed by atoms with E-state index in [1.807, 2.05) is 52.8 Å². The van der Waals surface area contributed by atoms with Crippen LogP contribution in [0.2, 0.25) is 0 Å². The third-order valence-corrected chi connectivity index (χ3v) is 12.7. The molecule has 0 bridgehead atoms. The Balaban J connectivity index is 1.45. The third-order valence-electron chi connectivity index (χ3n) is 10.9. The zero-order chi connectivity index (χ0) is 36.6. The van der Waals surface area contributed by atoms with Crippen LogP contribution in [-0.2, 0) is 29.2 Å². The van der Waals surface area contributed by atoms with Gasteiger partial charge >= 0.3 is 0 Å². The van der Waals surface area contributed by atoms with E-state index < -0.39 is 50.1 Å². The Kier molecular flexibility index (Phi) is 10.8. The highest BCUT2D eigenvalue weighted by molar-refractivity contribution is 7.90. The van der Waals surface area contributed by atoms with Gasteiger partial charge in [-0.15, -0.1) is 6.58 Å². The van der Waals surface area contributed by atoms with Crippen molar-refractivity contribution in [2.24, 2.45) is 28.6 Å². The summed E-state index contributed by atoms with van der Waals surface area (Å²) in [6.07, 6.45) is 5.16. The molecule has 2 saturated carbocycles. The van der Waals surface area contributed by atoms with Crippen molar-refractivity contribution in [1.29, 1.82) is 0 Å². The molecule has 2 aromatic rings. The zero-order valence-electron chi connectivity index (χ0n) is 30.1. The molecule has 3 aliphatic rings. The normalized spacial score (nSPS) is 24.1. The predicted octanol–water partition coefficient (Wildman–Crippen LogP) is 5.41. The molecule has 1 unspecified atom stereocenters. The van der Waals surface area contributed by atoms with E-state index in [0.29, 0.717) is 37.3 Å². The number of likely N-dealkylation sites (tertiary alicyclic amines) is 1. The van der Waals surface area contributed by atoms with E-state index in [1.165, 1.54) is 4.90 Å². The van der Waals surface area contributed by atoms with Crippen LogP contribution in [0.4, 0.5) is 0 Å². The van der Waals surface area contributed by atoms with Crippen LogP contribution in [0.3, 0.4) is 0 Å². The quantitative estimate of drug-likeness (QED) is 0.226. The maximum atomic E-state index is 14.6. The number of aromatic nitrogens is 1. The van der Waals surface area contributed by atoms with Crippen LogP contribution in [-0.4, -0.2) is 72.7 Å². The summed E-state index contributed by atoms with van der Waals surface area (Å²) in [6.45, 7) is 13.6. The first-order valence-corrected chi connectivity index (χ1v) is 19.3. The second kappa shape index (κ2) is 14.4. The Morgan fingerprint density at radius 1 is 1.14 bits per heavy atom. The van der Waals surface area contributed by atoms with Crippen LogP contribution in [0, 0.1) is 28.6 Å². The van der Waals surface area contributed by atoms with E-state index in [2.05, 4.69) is 16.3 Å². The van der Waals surface area contributed by atoms with Crippen molar-refractivity contribution in [3.63, 3.8) is 0 Å². The van der Waals surface area contributed by atoms with Crippen molar-refractivity contribution in [1.82, 2.24) is 14.6 Å². The number of benzene rings is 1. The van der Waals surface area contributed by atoms with Gasteiger partial charge in [-0.1, -0.05) is 40.7 Å². The third kappa shape index (κ3) is 7.75. The molecule has 1 aliphatic heterocycles. The number of nitrogens with one attached hydrogen (secondary N) is 1. The number of carbonyl (C=O) groups excluding carboxylic acids is 4. The number of sulfonamides is 1. The lowest BCUT2D eigenvalue weighted by Crippen LogP contribution is -2.48. The van der Waals surface area contributed by atoms with Gasteiger partial charge in [0.15, 0.2) is 5.78 Å². The molecule has 12 heteroatoms. The molecule has 1 aromatic heterocycles. The number of amides is 2. The highest BCUT2D eigenvalue weighted by Gasteiger charge is 2.61. The maximum absolute atomic E-state index is 14.6. The number of allylic oxidation sites excluding steroid dienone is 1. The molecule has 1 N–H and O–H groups in total. The van der Waals surface area contributed by atoms with Gasteiger partial charge in [0.2, 0.25) is 27.7 Å². The van der Waals surface area contributed by atoms with E-state index in [-0.39, 0.29) is 61.5 Å². The molecule has 1 saturated heterocycles. The Morgan fingerprint density at radius 3 is 2.42 bits per heavy atom. The van der Waals surface area contributed by atoms with Crippen molar-refractivity contribution in [3.8, 4) is 11.6 Å². The molecular formula is C38H51N3O8S. The fourth-order valence-electron chi connectivity index (χ4n) is 7.32. The average Bonchev–Trinajstić information content (AvgIpc) is 4.00. The van der Waals surface area contributed by atoms with Gasteiger partial charge in [-0.25, -0.2) is 13.4 Å². The number of Topliss-reactive ketones (excluding diaryl/α,β-unsaturated/α-hetero) is 2. The monoisotopic (exact) mass is 709 g/mol. The Morgan fingerprint density at radius 2 is 1.84 bits per heavy atom. The lowest BCUT2D eigenvalue weighted by atomic mass is 9.75. The van der Waals surface area contributed by atoms with Crippen LogP contribution in [0.5, 0.6) is 11.6 Å². The number of nitrogens with zero attached hydrogens (tertiary/aromatic N) is 2. The summed E-state index contributed by atoms with van der Waals surface area (Å²) < 4.78 is 39.4. The maximum Gasteiger partial charge on any atom is 0.240 e. The number of ketones is 2. The Hall–Kier alpha value is -3.80. The minimum Gasteiger partial charge on any atom is -0.497 e. The van der Waals surface area contributed by atoms with E-state index in [0.717, 1.165) is 10.8 Å². The summed E-state index contributed by atoms with van der Waals surface area (Å²) in [5.74, 6) is -1.57. The molecule has 5 rings (SSSR count). The summed E-state index contributed by atoms with van der Waals surface area (Å²) in [6, 6.07) is 6.40. The minimum atomic E-state index is -3.83. The summed E-state index contributed by atoms with van der Waals surface area (Å²) in [7, 11) is -2.25. The lowest BCUT2D eigenvalue weighted by Gasteiger charge is -2.35. The predicted molar refractivity (Wildman–Crippen MR) is 190 cm³/mol. The molecule has 2 aliphatic carbocycles. The van der Waals surface area contributed by atoms with Gasteiger partial charge in [0.1, 0.15) is 17.6 Å². The molecule has 272 valence electrons.